The van der Waals surface area contributed by atoms with Crippen molar-refractivity contribution in [3.05, 3.63) is 118 Å². The van der Waals surface area contributed by atoms with Crippen molar-refractivity contribution in [3.8, 4) is 22.9 Å². The minimum Gasteiger partial charge on any atom is -0.496 e. The van der Waals surface area contributed by atoms with E-state index in [0.29, 0.717) is 54.2 Å². The third-order valence-corrected chi connectivity index (χ3v) is 12.5. The minimum atomic E-state index is -1.19. The molecule has 10 rings (SSSR count). The Morgan fingerprint density at radius 2 is 0.971 bits per heavy atom. The number of carboxylic acid groups (broad SMARTS) is 2. The van der Waals surface area contributed by atoms with Gasteiger partial charge in [-0.15, -0.1) is 9.36 Å². The molecule has 24 heteroatoms. The van der Waals surface area contributed by atoms with Crippen molar-refractivity contribution in [1.82, 2.24) is 59.5 Å². The summed E-state index contributed by atoms with van der Waals surface area (Å²) in [7, 11) is 2.76. The number of benzene rings is 4. The molecule has 4 N–H and O–H groups in total. The number of nitrogens with zero attached hydrogens (tertiary/aromatic N) is 12. The molecule has 70 heavy (non-hydrogen) atoms. The van der Waals surface area contributed by atoms with Crippen molar-refractivity contribution >= 4 is 57.4 Å². The van der Waals surface area contributed by atoms with Gasteiger partial charge in [-0.1, -0.05) is 50.7 Å². The predicted octanol–water partition coefficient (Wildman–Crippen LogP) is 5.64. The molecule has 8 aromatic rings. The highest BCUT2D eigenvalue weighted by atomic mass is 16.5. The number of para-hydroxylation sites is 2. The van der Waals surface area contributed by atoms with Gasteiger partial charge in [0.05, 0.1) is 49.3 Å². The summed E-state index contributed by atoms with van der Waals surface area (Å²) in [5, 5.41) is 34.9. The molecule has 0 saturated heterocycles. The molecule has 2 amide bonds. The molecule has 0 atom stereocenters. The SMILES string of the molecule is COc1ccc(N(C(=O)n2nnn(-c3cccc4[nH]cnc34)c2=O)C2CCCCC2)cc1C(=O)O.COc1ccc(N(C(=O)n2nnn(-c3cccc4[nH]cnc34)c2=O)C2CCCCC2)cc1C(=O)O. The maximum absolute atomic E-state index is 13.7. The second kappa shape index (κ2) is 19.7. The predicted molar refractivity (Wildman–Crippen MR) is 251 cm³/mol. The average Bonchev–Trinajstić information content (AvgIpc) is 4.22. The summed E-state index contributed by atoms with van der Waals surface area (Å²) in [4.78, 5) is 94.9. The van der Waals surface area contributed by atoms with Gasteiger partial charge in [0.1, 0.15) is 33.7 Å². The largest absolute Gasteiger partial charge is 0.496 e. The van der Waals surface area contributed by atoms with Crippen LogP contribution in [0, 0.1) is 0 Å². The van der Waals surface area contributed by atoms with Gasteiger partial charge in [-0.3, -0.25) is 9.80 Å². The average molecular weight is 955 g/mol. The van der Waals surface area contributed by atoms with E-state index in [-0.39, 0.29) is 34.7 Å². The van der Waals surface area contributed by atoms with Crippen LogP contribution in [0.1, 0.15) is 84.9 Å². The first-order valence-electron chi connectivity index (χ1n) is 22.4. The monoisotopic (exact) mass is 954 g/mol. The number of carboxylic acids is 2. The van der Waals surface area contributed by atoms with E-state index in [0.717, 1.165) is 73.6 Å². The molecule has 2 aliphatic rings. The number of hydrogen-bond acceptors (Lipinski definition) is 14. The fourth-order valence-electron chi connectivity index (χ4n) is 9.14. The summed E-state index contributed by atoms with van der Waals surface area (Å²) in [5.74, 6) is -2.02. The van der Waals surface area contributed by atoms with E-state index in [2.05, 4.69) is 40.8 Å². The lowest BCUT2D eigenvalue weighted by molar-refractivity contribution is 0.0682. The molecular formula is C46H46N14O10. The summed E-state index contributed by atoms with van der Waals surface area (Å²) in [6.45, 7) is 0. The Labute approximate surface area is 395 Å². The second-order valence-corrected chi connectivity index (χ2v) is 16.6. The number of ether oxygens (including phenoxy) is 2. The van der Waals surface area contributed by atoms with Gasteiger partial charge in [0.15, 0.2) is 0 Å². The number of imidazole rings is 2. The van der Waals surface area contributed by atoms with Crippen molar-refractivity contribution in [2.45, 2.75) is 76.3 Å². The first kappa shape index (κ1) is 46.2. The number of carbonyl (C=O) groups is 4. The van der Waals surface area contributed by atoms with Crippen LogP contribution in [0.25, 0.3) is 33.4 Å². The van der Waals surface area contributed by atoms with Gasteiger partial charge in [0.2, 0.25) is 0 Å². The number of rotatable bonds is 10. The first-order valence-corrected chi connectivity index (χ1v) is 22.4. The Balaban J connectivity index is 0.000000174. The Hall–Kier alpha value is -8.96. The zero-order chi connectivity index (χ0) is 49.1. The molecular weight excluding hydrogens is 909 g/mol. The molecule has 0 bridgehead atoms. The Kier molecular flexibility index (Phi) is 13.0. The maximum atomic E-state index is 13.7. The highest BCUT2D eigenvalue weighted by Crippen LogP contribution is 2.33. The number of amides is 2. The molecule has 0 spiro atoms. The van der Waals surface area contributed by atoms with E-state index in [9.17, 15) is 39.0 Å². The Morgan fingerprint density at radius 1 is 0.571 bits per heavy atom. The highest BCUT2D eigenvalue weighted by Gasteiger charge is 2.34. The standard InChI is InChI=1S/2C23H23N7O5/c2*1-35-19-11-10-15(12-16(19)21(31)32)28(14-6-3-2-4-7-14)22(33)30-23(34)29(26-27-30)18-9-5-8-17-20(18)25-13-24-17/h2*5,8-14H,2-4,6-7H2,1H3,(H,24,25)(H,31,32). The zero-order valence-electron chi connectivity index (χ0n) is 37.8. The Morgan fingerprint density at radius 3 is 1.34 bits per heavy atom. The number of carbonyl (C=O) groups excluding carboxylic acids is 2. The van der Waals surface area contributed by atoms with Gasteiger partial charge in [-0.05, 0) is 107 Å². The lowest BCUT2D eigenvalue weighted by atomic mass is 9.94. The molecule has 4 heterocycles. The lowest BCUT2D eigenvalue weighted by Gasteiger charge is -2.33. The number of aromatic amines is 2. The molecule has 2 saturated carbocycles. The van der Waals surface area contributed by atoms with E-state index in [4.69, 9.17) is 9.47 Å². The van der Waals surface area contributed by atoms with Crippen LogP contribution in [0.2, 0.25) is 0 Å². The van der Waals surface area contributed by atoms with E-state index >= 15 is 0 Å². The van der Waals surface area contributed by atoms with Crippen molar-refractivity contribution in [2.75, 3.05) is 24.0 Å². The zero-order valence-corrected chi connectivity index (χ0v) is 37.8. The maximum Gasteiger partial charge on any atom is 0.377 e. The smallest absolute Gasteiger partial charge is 0.377 e. The molecule has 360 valence electrons. The van der Waals surface area contributed by atoms with Crippen LogP contribution < -0.4 is 30.7 Å². The fraction of sp³-hybridized carbons (Fsp3) is 0.304. The van der Waals surface area contributed by atoms with E-state index in [1.165, 1.54) is 60.9 Å². The number of methoxy groups -OCH3 is 2. The van der Waals surface area contributed by atoms with Gasteiger partial charge in [0, 0.05) is 23.5 Å². The third-order valence-electron chi connectivity index (χ3n) is 12.5. The van der Waals surface area contributed by atoms with Crippen LogP contribution in [0.15, 0.2) is 95.0 Å². The number of tetrazole rings is 2. The summed E-state index contributed by atoms with van der Waals surface area (Å²) < 4.78 is 13.8. The van der Waals surface area contributed by atoms with Gasteiger partial charge >= 0.3 is 35.4 Å². The summed E-state index contributed by atoms with van der Waals surface area (Å²) in [6, 6.07) is 17.5. The molecule has 2 fully saturated rings. The van der Waals surface area contributed by atoms with Gasteiger partial charge in [-0.25, -0.2) is 38.7 Å². The number of anilines is 2. The molecule has 4 aromatic heterocycles. The molecule has 2 aliphatic carbocycles. The second-order valence-electron chi connectivity index (χ2n) is 16.6. The van der Waals surface area contributed by atoms with Crippen LogP contribution in [0.4, 0.5) is 21.0 Å². The van der Waals surface area contributed by atoms with Crippen LogP contribution in [-0.2, 0) is 0 Å². The summed E-state index contributed by atoms with van der Waals surface area (Å²) >= 11 is 0. The molecule has 4 aromatic carbocycles. The van der Waals surface area contributed by atoms with Gasteiger partial charge < -0.3 is 29.7 Å². The summed E-state index contributed by atoms with van der Waals surface area (Å²) in [5.41, 5.74) is 2.23. The number of H-pyrrole nitrogens is 2. The number of aromatic nitrogens is 12. The number of fused-ring (bicyclic) bond motifs is 2. The minimum absolute atomic E-state index is 0.0835. The van der Waals surface area contributed by atoms with Crippen LogP contribution >= 0.6 is 0 Å². The van der Waals surface area contributed by atoms with Crippen LogP contribution in [0.3, 0.4) is 0 Å². The molecule has 0 radical (unpaired) electrons. The fourth-order valence-corrected chi connectivity index (χ4v) is 9.14. The molecule has 0 aliphatic heterocycles. The third kappa shape index (κ3) is 8.72. The van der Waals surface area contributed by atoms with Gasteiger partial charge in [-0.2, -0.15) is 9.36 Å². The van der Waals surface area contributed by atoms with Crippen molar-refractivity contribution in [1.29, 1.82) is 0 Å². The number of hydrogen-bond donors (Lipinski definition) is 4. The van der Waals surface area contributed by atoms with Crippen molar-refractivity contribution < 1.29 is 38.9 Å². The quantitative estimate of drug-likeness (QED) is 0.121. The normalized spacial score (nSPS) is 14.2. The van der Waals surface area contributed by atoms with Gasteiger partial charge in [0.25, 0.3) is 0 Å². The van der Waals surface area contributed by atoms with E-state index in [1.807, 2.05) is 0 Å². The lowest BCUT2D eigenvalue weighted by Crippen LogP contribution is -2.47. The van der Waals surface area contributed by atoms with E-state index < -0.39 is 35.4 Å². The Bertz CT molecular complexity index is 3150. The van der Waals surface area contributed by atoms with E-state index in [1.54, 1.807) is 48.5 Å². The molecule has 0 unspecified atom stereocenters. The van der Waals surface area contributed by atoms with Crippen molar-refractivity contribution in [2.24, 2.45) is 0 Å². The number of aromatic carboxylic acids is 2. The molecule has 24 nitrogen and oxygen atoms in total. The summed E-state index contributed by atoms with van der Waals surface area (Å²) in [6.07, 6.45) is 11.6. The topological polar surface area (TPSA) is 296 Å². The van der Waals surface area contributed by atoms with Crippen molar-refractivity contribution in [3.63, 3.8) is 0 Å². The highest BCUT2D eigenvalue weighted by molar-refractivity contribution is 5.98. The van der Waals surface area contributed by atoms with Crippen LogP contribution in [0.5, 0.6) is 11.5 Å². The van der Waals surface area contributed by atoms with Crippen LogP contribution in [-0.4, -0.2) is 120 Å². The number of nitrogens with one attached hydrogen (secondary N) is 2. The first-order chi connectivity index (χ1) is 34.0.